The van der Waals surface area contributed by atoms with Gasteiger partial charge < -0.3 is 10.2 Å². The third-order valence-corrected chi connectivity index (χ3v) is 4.09. The van der Waals surface area contributed by atoms with Gasteiger partial charge in [0, 0.05) is 36.6 Å². The van der Waals surface area contributed by atoms with Gasteiger partial charge in [-0.3, -0.25) is 14.9 Å². The third-order valence-electron chi connectivity index (χ3n) is 4.09. The lowest BCUT2D eigenvalue weighted by atomic mass is 10.1. The second kappa shape index (κ2) is 5.72. The molecule has 3 rings (SSSR count). The van der Waals surface area contributed by atoms with E-state index in [4.69, 9.17) is 0 Å². The van der Waals surface area contributed by atoms with Crippen LogP contribution >= 0.6 is 0 Å². The van der Waals surface area contributed by atoms with Crippen molar-refractivity contribution in [1.82, 2.24) is 0 Å². The predicted octanol–water partition coefficient (Wildman–Crippen LogP) is 3.53. The van der Waals surface area contributed by atoms with Gasteiger partial charge in [0.25, 0.3) is 5.69 Å². The molecule has 0 amide bonds. The first-order chi connectivity index (χ1) is 11.0. The van der Waals surface area contributed by atoms with Crippen LogP contribution in [0.25, 0.3) is 0 Å². The summed E-state index contributed by atoms with van der Waals surface area (Å²) in [6, 6.07) is 10.4. The van der Waals surface area contributed by atoms with Gasteiger partial charge >= 0.3 is 0 Å². The summed E-state index contributed by atoms with van der Waals surface area (Å²) in [6.45, 7) is 2.37. The molecule has 0 saturated carbocycles. The molecule has 0 fully saturated rings. The number of hydrogen-bond acceptors (Lipinski definition) is 5. The largest absolute Gasteiger partial charge is 0.374 e. The van der Waals surface area contributed by atoms with E-state index in [1.807, 2.05) is 25.2 Å². The maximum Gasteiger partial charge on any atom is 0.293 e. The molecule has 0 saturated heterocycles. The second-order valence-electron chi connectivity index (χ2n) is 5.69. The van der Waals surface area contributed by atoms with Crippen LogP contribution in [-0.4, -0.2) is 24.3 Å². The zero-order valence-electron chi connectivity index (χ0n) is 13.0. The molecule has 1 heterocycles. The van der Waals surface area contributed by atoms with Crippen LogP contribution in [0.4, 0.5) is 22.7 Å². The van der Waals surface area contributed by atoms with Gasteiger partial charge in [-0.05, 0) is 43.2 Å². The highest BCUT2D eigenvalue weighted by Gasteiger charge is 2.19. The quantitative estimate of drug-likeness (QED) is 0.531. The average molecular weight is 311 g/mol. The van der Waals surface area contributed by atoms with Gasteiger partial charge in [-0.2, -0.15) is 0 Å². The SMILES string of the molecule is CC(=O)c1ccc(Nc2ccc3c(c2)N(C)CC3)c([N+](=O)[O-])c1. The lowest BCUT2D eigenvalue weighted by Gasteiger charge is -2.14. The van der Waals surface area contributed by atoms with E-state index in [9.17, 15) is 14.9 Å². The lowest BCUT2D eigenvalue weighted by molar-refractivity contribution is -0.383. The molecule has 0 radical (unpaired) electrons. The molecule has 0 bridgehead atoms. The Morgan fingerprint density at radius 3 is 2.74 bits per heavy atom. The Bertz CT molecular complexity index is 802. The molecule has 2 aromatic carbocycles. The molecule has 0 spiro atoms. The number of nitro benzene ring substituents is 1. The van der Waals surface area contributed by atoms with Crippen LogP contribution in [0.15, 0.2) is 36.4 Å². The van der Waals surface area contributed by atoms with E-state index in [0.717, 1.165) is 24.3 Å². The van der Waals surface area contributed by atoms with Crippen LogP contribution in [0.2, 0.25) is 0 Å². The Hall–Kier alpha value is -2.89. The van der Waals surface area contributed by atoms with Crippen molar-refractivity contribution < 1.29 is 9.72 Å². The molecular weight excluding hydrogens is 294 g/mol. The second-order valence-corrected chi connectivity index (χ2v) is 5.69. The Morgan fingerprint density at radius 1 is 1.26 bits per heavy atom. The Morgan fingerprint density at radius 2 is 2.04 bits per heavy atom. The molecule has 1 N–H and O–H groups in total. The first kappa shape index (κ1) is 15.0. The summed E-state index contributed by atoms with van der Waals surface area (Å²) in [7, 11) is 2.03. The zero-order valence-corrected chi connectivity index (χ0v) is 13.0. The lowest BCUT2D eigenvalue weighted by Crippen LogP contribution is -2.12. The number of hydrogen-bond donors (Lipinski definition) is 1. The number of nitrogens with one attached hydrogen (secondary N) is 1. The van der Waals surface area contributed by atoms with E-state index in [2.05, 4.69) is 10.2 Å². The molecule has 118 valence electrons. The number of nitrogens with zero attached hydrogens (tertiary/aromatic N) is 2. The Kier molecular flexibility index (Phi) is 3.73. The molecule has 6 heteroatoms. The van der Waals surface area contributed by atoms with E-state index in [0.29, 0.717) is 11.3 Å². The van der Waals surface area contributed by atoms with E-state index >= 15 is 0 Å². The average Bonchev–Trinajstić information content (AvgIpc) is 2.88. The molecule has 2 aromatic rings. The summed E-state index contributed by atoms with van der Waals surface area (Å²) in [6.07, 6.45) is 1.01. The maximum absolute atomic E-state index is 11.4. The number of benzene rings is 2. The number of anilines is 3. The number of nitro groups is 1. The third kappa shape index (κ3) is 2.88. The first-order valence-corrected chi connectivity index (χ1v) is 7.36. The molecule has 23 heavy (non-hydrogen) atoms. The van der Waals surface area contributed by atoms with Crippen molar-refractivity contribution in [2.45, 2.75) is 13.3 Å². The summed E-state index contributed by atoms with van der Waals surface area (Å²) in [4.78, 5) is 24.4. The van der Waals surface area contributed by atoms with Crippen LogP contribution in [0, 0.1) is 10.1 Å². The van der Waals surface area contributed by atoms with Crippen LogP contribution in [0.5, 0.6) is 0 Å². The number of rotatable bonds is 4. The molecular formula is C17H17N3O3. The van der Waals surface area contributed by atoms with E-state index < -0.39 is 4.92 Å². The Labute approximate surface area is 133 Å². The Balaban J connectivity index is 1.95. The number of fused-ring (bicyclic) bond motifs is 1. The normalized spacial score (nSPS) is 12.9. The van der Waals surface area contributed by atoms with E-state index in [1.54, 1.807) is 12.1 Å². The number of carbonyl (C=O) groups is 1. The van der Waals surface area contributed by atoms with Gasteiger partial charge in [0.2, 0.25) is 0 Å². The number of carbonyl (C=O) groups excluding carboxylic acids is 1. The minimum absolute atomic E-state index is 0.105. The molecule has 1 aliphatic heterocycles. The predicted molar refractivity (Wildman–Crippen MR) is 89.8 cm³/mol. The highest BCUT2D eigenvalue weighted by Crippen LogP contribution is 2.33. The van der Waals surface area contributed by atoms with Crippen molar-refractivity contribution in [3.63, 3.8) is 0 Å². The molecule has 0 unspecified atom stereocenters. The van der Waals surface area contributed by atoms with Crippen molar-refractivity contribution in [2.75, 3.05) is 23.8 Å². The van der Waals surface area contributed by atoms with Gasteiger partial charge in [-0.1, -0.05) is 6.07 Å². The number of likely N-dealkylation sites (N-methyl/N-ethyl adjacent to an activating group) is 1. The topological polar surface area (TPSA) is 75.5 Å². The van der Waals surface area contributed by atoms with E-state index in [-0.39, 0.29) is 11.5 Å². The molecule has 1 aliphatic rings. The van der Waals surface area contributed by atoms with Crippen LogP contribution in [-0.2, 0) is 6.42 Å². The van der Waals surface area contributed by atoms with Crippen molar-refractivity contribution in [2.24, 2.45) is 0 Å². The summed E-state index contributed by atoms with van der Waals surface area (Å²) in [5.74, 6) is -0.196. The number of Topliss-reactive ketones (excluding diaryl/α,β-unsaturated/α-hetero) is 1. The minimum Gasteiger partial charge on any atom is -0.374 e. The van der Waals surface area contributed by atoms with Crippen LogP contribution in [0.3, 0.4) is 0 Å². The zero-order chi connectivity index (χ0) is 16.6. The fraction of sp³-hybridized carbons (Fsp3) is 0.235. The highest BCUT2D eigenvalue weighted by atomic mass is 16.6. The van der Waals surface area contributed by atoms with E-state index in [1.165, 1.54) is 18.6 Å². The first-order valence-electron chi connectivity index (χ1n) is 7.36. The molecule has 0 atom stereocenters. The molecule has 0 aromatic heterocycles. The smallest absolute Gasteiger partial charge is 0.293 e. The van der Waals surface area contributed by atoms with Crippen molar-refractivity contribution in [1.29, 1.82) is 0 Å². The molecule has 0 aliphatic carbocycles. The fourth-order valence-electron chi connectivity index (χ4n) is 2.78. The molecule has 6 nitrogen and oxygen atoms in total. The summed E-state index contributed by atoms with van der Waals surface area (Å²) in [5, 5.41) is 14.4. The monoisotopic (exact) mass is 311 g/mol. The van der Waals surface area contributed by atoms with Crippen molar-refractivity contribution in [3.05, 3.63) is 57.6 Å². The summed E-state index contributed by atoms with van der Waals surface area (Å²) in [5.41, 5.74) is 3.80. The summed E-state index contributed by atoms with van der Waals surface area (Å²) < 4.78 is 0. The number of ketones is 1. The van der Waals surface area contributed by atoms with Gasteiger partial charge in [-0.25, -0.2) is 0 Å². The summed E-state index contributed by atoms with van der Waals surface area (Å²) >= 11 is 0. The van der Waals surface area contributed by atoms with Crippen LogP contribution < -0.4 is 10.2 Å². The van der Waals surface area contributed by atoms with Crippen molar-refractivity contribution >= 4 is 28.5 Å². The van der Waals surface area contributed by atoms with Crippen LogP contribution in [0.1, 0.15) is 22.8 Å². The fourth-order valence-corrected chi connectivity index (χ4v) is 2.78. The van der Waals surface area contributed by atoms with Crippen molar-refractivity contribution in [3.8, 4) is 0 Å². The highest BCUT2D eigenvalue weighted by molar-refractivity contribution is 5.95. The standard InChI is InChI=1S/C17H17N3O3/c1-11(21)13-4-6-15(17(9-13)20(22)23)18-14-5-3-12-7-8-19(2)16(12)10-14/h3-6,9-10,18H,7-8H2,1-2H3. The van der Waals surface area contributed by atoms with Gasteiger partial charge in [-0.15, -0.1) is 0 Å². The maximum atomic E-state index is 11.4. The van der Waals surface area contributed by atoms with Gasteiger partial charge in [0.1, 0.15) is 5.69 Å². The van der Waals surface area contributed by atoms with Gasteiger partial charge in [0.15, 0.2) is 5.78 Å². The van der Waals surface area contributed by atoms with Gasteiger partial charge in [0.05, 0.1) is 4.92 Å². The minimum atomic E-state index is -0.478.